The first-order valence-electron chi connectivity index (χ1n) is 14.5. The Balaban J connectivity index is 0.000000633. The van der Waals surface area contributed by atoms with Crippen LogP contribution < -0.4 is 21.3 Å². The number of nitrogens with one attached hydrogen (secondary N) is 1. The second-order valence-electron chi connectivity index (χ2n) is 11.1. The number of hydrogen-bond acceptors (Lipinski definition) is 9. The van der Waals surface area contributed by atoms with Gasteiger partial charge in [0.05, 0.1) is 25.2 Å². The quantitative estimate of drug-likeness (QED) is 0.349. The number of aliphatic hydroxyl groups is 1. The lowest BCUT2D eigenvalue weighted by atomic mass is 10.0. The summed E-state index contributed by atoms with van der Waals surface area (Å²) in [6, 6.07) is 7.30. The number of aryl methyl sites for hydroxylation is 3. The molecule has 0 aliphatic carbocycles. The second kappa shape index (κ2) is 14.8. The zero-order chi connectivity index (χ0) is 31.9. The van der Waals surface area contributed by atoms with Gasteiger partial charge >= 0.3 is 11.7 Å². The predicted molar refractivity (Wildman–Crippen MR) is 166 cm³/mol. The van der Waals surface area contributed by atoms with Crippen LogP contribution in [-0.4, -0.2) is 65.2 Å². The Kier molecular flexibility index (Phi) is 11.7. The highest BCUT2D eigenvalue weighted by Crippen LogP contribution is 2.30. The van der Waals surface area contributed by atoms with E-state index in [4.69, 9.17) is 19.3 Å². The van der Waals surface area contributed by atoms with Crippen LogP contribution in [-0.2, 0) is 32.8 Å². The van der Waals surface area contributed by atoms with Gasteiger partial charge in [-0.2, -0.15) is 0 Å². The average Bonchev–Trinajstić information content (AvgIpc) is 3.30. The molecule has 3 heterocycles. The number of benzene rings is 1. The maximum Gasteiger partial charge on any atom is 0.348 e. The van der Waals surface area contributed by atoms with Gasteiger partial charge in [0, 0.05) is 25.8 Å². The summed E-state index contributed by atoms with van der Waals surface area (Å²) in [5, 5.41) is 11.9. The fourth-order valence-corrected chi connectivity index (χ4v) is 6.01. The van der Waals surface area contributed by atoms with Crippen LogP contribution in [0.25, 0.3) is 10.2 Å². The summed E-state index contributed by atoms with van der Waals surface area (Å²) in [7, 11) is 1.58. The van der Waals surface area contributed by atoms with E-state index in [2.05, 4.69) is 5.32 Å². The Morgan fingerprint density at radius 1 is 1.19 bits per heavy atom. The molecule has 1 fully saturated rings. The van der Waals surface area contributed by atoms with Gasteiger partial charge in [-0.25, -0.2) is 14.2 Å². The van der Waals surface area contributed by atoms with Crippen molar-refractivity contribution in [2.24, 2.45) is 0 Å². The number of esters is 1. The number of methoxy groups -OCH3 is 1. The minimum Gasteiger partial charge on any atom is -0.496 e. The zero-order valence-corrected chi connectivity index (χ0v) is 26.8. The lowest BCUT2D eigenvalue weighted by Crippen LogP contribution is -2.56. The molecular formula is C31H43N3O8S. The van der Waals surface area contributed by atoms with Crippen molar-refractivity contribution in [1.29, 1.82) is 0 Å². The Labute approximate surface area is 255 Å². The van der Waals surface area contributed by atoms with Crippen LogP contribution in [0.15, 0.2) is 33.9 Å². The van der Waals surface area contributed by atoms with Crippen LogP contribution in [0.3, 0.4) is 0 Å². The predicted octanol–water partition coefficient (Wildman–Crippen LogP) is 3.38. The topological polar surface area (TPSA) is 138 Å². The van der Waals surface area contributed by atoms with E-state index in [1.54, 1.807) is 34.8 Å². The van der Waals surface area contributed by atoms with Gasteiger partial charge in [0.15, 0.2) is 0 Å². The van der Waals surface area contributed by atoms with Gasteiger partial charge in [0.25, 0.3) is 5.56 Å². The fourth-order valence-electron chi connectivity index (χ4n) is 4.80. The minimum atomic E-state index is -1.47. The van der Waals surface area contributed by atoms with Gasteiger partial charge in [0.1, 0.15) is 21.0 Å². The van der Waals surface area contributed by atoms with E-state index in [0.29, 0.717) is 22.6 Å². The molecule has 1 saturated heterocycles. The molecule has 0 saturated carbocycles. The van der Waals surface area contributed by atoms with E-state index in [0.717, 1.165) is 47.5 Å². The molecule has 236 valence electrons. The fraction of sp³-hybridized carbons (Fsp3) is 0.548. The summed E-state index contributed by atoms with van der Waals surface area (Å²) in [5.74, 6) is -0.324. The van der Waals surface area contributed by atoms with Crippen LogP contribution in [0.1, 0.15) is 68.3 Å². The molecule has 0 unspecified atom stereocenters. The largest absolute Gasteiger partial charge is 0.496 e. The number of nitrogens with zero attached hydrogens (tertiary/aromatic N) is 2. The average molecular weight is 618 g/mol. The number of rotatable bonds is 9. The summed E-state index contributed by atoms with van der Waals surface area (Å²) < 4.78 is 18.1. The summed E-state index contributed by atoms with van der Waals surface area (Å²) >= 11 is 1.05. The molecule has 2 aromatic heterocycles. The molecule has 0 bridgehead atoms. The highest BCUT2D eigenvalue weighted by Gasteiger charge is 2.36. The standard InChI is InChI=1S/C26H33N3O6S.C5H10O2/c1-8-35-23(31)20-16(4)19-21(30)29(26(5,6)24(32)27-15(2)3)25(33)28(22(19)36-20)14-13-17-11-9-10-12-18(17)34-7;6-5-1-3-7-4-2-5/h9-12,15H,8,13-14H2,1-7H3,(H,27,32);5-6H,1-4H2. The lowest BCUT2D eigenvalue weighted by Gasteiger charge is -2.27. The molecule has 0 atom stereocenters. The molecule has 1 amide bonds. The van der Waals surface area contributed by atoms with Crippen molar-refractivity contribution in [3.05, 3.63) is 61.1 Å². The van der Waals surface area contributed by atoms with Crippen molar-refractivity contribution >= 4 is 33.4 Å². The molecule has 1 aliphatic rings. The van der Waals surface area contributed by atoms with Crippen molar-refractivity contribution in [2.75, 3.05) is 26.9 Å². The van der Waals surface area contributed by atoms with Crippen LogP contribution in [0.2, 0.25) is 0 Å². The summed E-state index contributed by atoms with van der Waals surface area (Å²) in [4.78, 5) is 53.9. The number of carbonyl (C=O) groups is 2. The molecule has 11 nitrogen and oxygen atoms in total. The van der Waals surface area contributed by atoms with Gasteiger partial charge in [-0.3, -0.25) is 14.2 Å². The highest BCUT2D eigenvalue weighted by atomic mass is 32.1. The van der Waals surface area contributed by atoms with E-state index < -0.39 is 28.7 Å². The molecule has 1 aromatic carbocycles. The third kappa shape index (κ3) is 7.73. The molecule has 0 spiro atoms. The molecule has 12 heteroatoms. The number of para-hydroxylation sites is 1. The molecule has 0 radical (unpaired) electrons. The van der Waals surface area contributed by atoms with Crippen molar-refractivity contribution in [1.82, 2.24) is 14.5 Å². The molecule has 2 N–H and O–H groups in total. The number of ether oxygens (including phenoxy) is 3. The second-order valence-corrected chi connectivity index (χ2v) is 12.1. The van der Waals surface area contributed by atoms with Gasteiger partial charge in [-0.1, -0.05) is 18.2 Å². The van der Waals surface area contributed by atoms with Crippen LogP contribution in [0, 0.1) is 6.92 Å². The molecule has 3 aromatic rings. The van der Waals surface area contributed by atoms with Crippen molar-refractivity contribution in [3.8, 4) is 5.75 Å². The van der Waals surface area contributed by atoms with Crippen LogP contribution >= 0.6 is 11.3 Å². The van der Waals surface area contributed by atoms with Crippen molar-refractivity contribution in [2.45, 2.75) is 85.0 Å². The lowest BCUT2D eigenvalue weighted by molar-refractivity contribution is -0.129. The van der Waals surface area contributed by atoms with Crippen LogP contribution in [0.4, 0.5) is 0 Å². The summed E-state index contributed by atoms with van der Waals surface area (Å²) in [5.41, 5.74) is -1.40. The van der Waals surface area contributed by atoms with E-state index in [1.165, 1.54) is 18.4 Å². The van der Waals surface area contributed by atoms with E-state index in [-0.39, 0.29) is 35.6 Å². The number of hydrogen-bond donors (Lipinski definition) is 2. The van der Waals surface area contributed by atoms with E-state index >= 15 is 0 Å². The third-order valence-corrected chi connectivity index (χ3v) is 8.49. The Morgan fingerprint density at radius 3 is 2.40 bits per heavy atom. The number of aromatic nitrogens is 2. The Hall–Kier alpha value is -3.48. The first-order valence-corrected chi connectivity index (χ1v) is 15.3. The first kappa shape index (κ1) is 34.0. The SMILES string of the molecule is CCOC(=O)c1sc2c(c1C)c(=O)n(C(C)(C)C(=O)NC(C)C)c(=O)n2CCc1ccccc1OC.OC1CCOCC1. The number of carbonyl (C=O) groups excluding carboxylic acids is 2. The molecular weight excluding hydrogens is 574 g/mol. The first-order chi connectivity index (χ1) is 20.3. The maximum absolute atomic E-state index is 13.8. The number of amides is 1. The number of thiophene rings is 1. The minimum absolute atomic E-state index is 0.0891. The number of fused-ring (bicyclic) bond motifs is 1. The summed E-state index contributed by atoms with van der Waals surface area (Å²) in [6.45, 7) is 11.9. The molecule has 43 heavy (non-hydrogen) atoms. The number of aliphatic hydroxyl groups excluding tert-OH is 1. The highest BCUT2D eigenvalue weighted by molar-refractivity contribution is 7.20. The third-order valence-electron chi connectivity index (χ3n) is 7.20. The smallest absolute Gasteiger partial charge is 0.348 e. The normalized spacial score (nSPS) is 13.9. The molecule has 1 aliphatic heterocycles. The van der Waals surface area contributed by atoms with Crippen molar-refractivity contribution < 1.29 is 28.9 Å². The Morgan fingerprint density at radius 2 is 1.84 bits per heavy atom. The van der Waals surface area contributed by atoms with Gasteiger partial charge in [0.2, 0.25) is 5.91 Å². The maximum atomic E-state index is 13.8. The van der Waals surface area contributed by atoms with Gasteiger partial charge in [-0.15, -0.1) is 11.3 Å². The van der Waals surface area contributed by atoms with Crippen LogP contribution in [0.5, 0.6) is 5.75 Å². The van der Waals surface area contributed by atoms with E-state index in [1.807, 2.05) is 24.3 Å². The zero-order valence-electron chi connectivity index (χ0n) is 26.0. The van der Waals surface area contributed by atoms with Gasteiger partial charge in [-0.05, 0) is 78.0 Å². The molecule has 4 rings (SSSR count). The monoisotopic (exact) mass is 617 g/mol. The van der Waals surface area contributed by atoms with Crippen molar-refractivity contribution in [3.63, 3.8) is 0 Å². The Bertz CT molecular complexity index is 1550. The van der Waals surface area contributed by atoms with Gasteiger partial charge < -0.3 is 24.6 Å². The summed E-state index contributed by atoms with van der Waals surface area (Å²) in [6.07, 6.45) is 1.98. The van der Waals surface area contributed by atoms with E-state index in [9.17, 15) is 19.2 Å².